The molecule has 0 aliphatic rings. The van der Waals surface area contributed by atoms with Gasteiger partial charge in [-0.05, 0) is 130 Å². The second-order valence-corrected chi connectivity index (χ2v) is 18.6. The smallest absolute Gasteiger partial charge is 0.0640 e. The second kappa shape index (κ2) is 16.7. The number of nitrogens with zero attached hydrogens (tertiary/aromatic N) is 1. The molecule has 1 heterocycles. The van der Waals surface area contributed by atoms with Crippen LogP contribution in [0.5, 0.6) is 0 Å². The Morgan fingerprint density at radius 3 is 1.43 bits per heavy atom. The Morgan fingerprint density at radius 1 is 0.265 bits per heavy atom. The molecular weight excluding hydrogens is 839 g/mol. The molecule has 1 nitrogen and oxygen atoms in total. The third-order valence-corrected chi connectivity index (χ3v) is 14.9. The molecule has 13 aromatic rings. The fourth-order valence-corrected chi connectivity index (χ4v) is 11.6. The summed E-state index contributed by atoms with van der Waals surface area (Å²) in [5, 5.41) is 10.1. The summed E-state index contributed by atoms with van der Waals surface area (Å²) in [5.41, 5.74) is 15.5. The minimum absolute atomic E-state index is 1.11. The standard InChI is InChI=1S/C66H43NS/c1-3-16-49(17-4-1)64-59-24-10-9-22-56(59)57-42-37-51(43-61(57)65(64)50-18-5-2-6-19-50)46-35-40-53(41-36-46)67(62-27-14-26-60-58-23-11-12-28-63(58)68-66(60)62)52-38-33-45(34-39-52)44-29-31-48(32-30-44)55-25-13-20-47-15-7-8-21-54(47)55/h1-43H. The van der Waals surface area contributed by atoms with Crippen LogP contribution in [0, 0.1) is 0 Å². The maximum absolute atomic E-state index is 2.43. The van der Waals surface area contributed by atoms with Crippen molar-refractivity contribution < 1.29 is 0 Å². The first kappa shape index (κ1) is 39.8. The molecule has 0 fully saturated rings. The molecule has 2 heteroatoms. The topological polar surface area (TPSA) is 3.24 Å². The van der Waals surface area contributed by atoms with Gasteiger partial charge in [0.15, 0.2) is 0 Å². The van der Waals surface area contributed by atoms with Gasteiger partial charge in [0.25, 0.3) is 0 Å². The van der Waals surface area contributed by atoms with E-state index in [9.17, 15) is 0 Å². The molecule has 12 aromatic carbocycles. The zero-order valence-electron chi connectivity index (χ0n) is 37.2. The van der Waals surface area contributed by atoms with E-state index < -0.39 is 0 Å². The monoisotopic (exact) mass is 881 g/mol. The predicted octanol–water partition coefficient (Wildman–Crippen LogP) is 19.3. The van der Waals surface area contributed by atoms with Crippen LogP contribution >= 0.6 is 11.3 Å². The van der Waals surface area contributed by atoms with Gasteiger partial charge < -0.3 is 4.90 Å². The van der Waals surface area contributed by atoms with Crippen molar-refractivity contribution in [1.29, 1.82) is 0 Å². The highest BCUT2D eigenvalue weighted by molar-refractivity contribution is 7.26. The summed E-state index contributed by atoms with van der Waals surface area (Å²) in [5.74, 6) is 0. The van der Waals surface area contributed by atoms with Crippen LogP contribution in [0.2, 0.25) is 0 Å². The molecule has 0 unspecified atom stereocenters. The fraction of sp³-hybridized carbons (Fsp3) is 0. The lowest BCUT2D eigenvalue weighted by Crippen LogP contribution is -2.10. The number of anilines is 3. The number of hydrogen-bond acceptors (Lipinski definition) is 2. The van der Waals surface area contributed by atoms with Gasteiger partial charge in [-0.25, -0.2) is 0 Å². The second-order valence-electron chi connectivity index (χ2n) is 17.6. The van der Waals surface area contributed by atoms with Crippen LogP contribution in [0.3, 0.4) is 0 Å². The van der Waals surface area contributed by atoms with E-state index >= 15 is 0 Å². The maximum Gasteiger partial charge on any atom is 0.0640 e. The van der Waals surface area contributed by atoms with E-state index in [2.05, 4.69) is 266 Å². The van der Waals surface area contributed by atoms with Gasteiger partial charge >= 0.3 is 0 Å². The Labute approximate surface area is 400 Å². The first-order valence-electron chi connectivity index (χ1n) is 23.3. The number of rotatable bonds is 8. The highest BCUT2D eigenvalue weighted by atomic mass is 32.1. The summed E-state index contributed by atoms with van der Waals surface area (Å²) < 4.78 is 2.57. The van der Waals surface area contributed by atoms with Gasteiger partial charge in [0.2, 0.25) is 0 Å². The van der Waals surface area contributed by atoms with Crippen molar-refractivity contribution in [3.05, 3.63) is 261 Å². The molecule has 0 aliphatic carbocycles. The molecule has 1 aromatic heterocycles. The van der Waals surface area contributed by atoms with Crippen molar-refractivity contribution >= 4 is 80.9 Å². The summed E-state index contributed by atoms with van der Waals surface area (Å²) in [6, 6.07) is 95.6. The first-order valence-corrected chi connectivity index (χ1v) is 24.1. The van der Waals surface area contributed by atoms with Crippen molar-refractivity contribution in [3.63, 3.8) is 0 Å². The van der Waals surface area contributed by atoms with Gasteiger partial charge in [-0.2, -0.15) is 0 Å². The van der Waals surface area contributed by atoms with Crippen molar-refractivity contribution in [2.75, 3.05) is 4.90 Å². The van der Waals surface area contributed by atoms with Crippen LogP contribution < -0.4 is 4.90 Å². The Kier molecular flexibility index (Phi) is 9.77. The van der Waals surface area contributed by atoms with E-state index in [-0.39, 0.29) is 0 Å². The highest BCUT2D eigenvalue weighted by Gasteiger charge is 2.21. The normalized spacial score (nSPS) is 11.5. The molecule has 0 N–H and O–H groups in total. The molecule has 68 heavy (non-hydrogen) atoms. The number of thiophene rings is 1. The van der Waals surface area contributed by atoms with Gasteiger partial charge in [-0.15, -0.1) is 11.3 Å². The van der Waals surface area contributed by atoms with Crippen LogP contribution in [-0.2, 0) is 0 Å². The Bertz CT molecular complexity index is 3980. The van der Waals surface area contributed by atoms with Gasteiger partial charge in [-0.1, -0.05) is 218 Å². The van der Waals surface area contributed by atoms with E-state index in [1.165, 1.54) is 114 Å². The SMILES string of the molecule is c1ccc(-c2c(-c3ccccc3)c3cc(-c4ccc(N(c5ccc(-c6ccc(-c7cccc8ccccc78)cc6)cc5)c5cccc6c5sc5ccccc56)cc4)ccc3c3ccccc23)cc1. The summed E-state index contributed by atoms with van der Waals surface area (Å²) >= 11 is 1.87. The minimum Gasteiger partial charge on any atom is -0.309 e. The average Bonchev–Trinajstić information content (AvgIpc) is 3.81. The van der Waals surface area contributed by atoms with E-state index in [4.69, 9.17) is 0 Å². The molecule has 0 atom stereocenters. The van der Waals surface area contributed by atoms with Gasteiger partial charge in [0.05, 0.1) is 10.4 Å². The van der Waals surface area contributed by atoms with Crippen LogP contribution in [0.4, 0.5) is 17.1 Å². The molecule has 318 valence electrons. The van der Waals surface area contributed by atoms with Gasteiger partial charge in [0.1, 0.15) is 0 Å². The Hall–Kier alpha value is -8.56. The van der Waals surface area contributed by atoms with E-state index in [0.717, 1.165) is 11.4 Å². The lowest BCUT2D eigenvalue weighted by Gasteiger charge is -2.26. The zero-order chi connectivity index (χ0) is 45.0. The van der Waals surface area contributed by atoms with Crippen LogP contribution in [0.1, 0.15) is 0 Å². The molecule has 0 saturated carbocycles. The molecule has 0 spiro atoms. The van der Waals surface area contributed by atoms with E-state index in [1.54, 1.807) is 0 Å². The van der Waals surface area contributed by atoms with E-state index in [0.29, 0.717) is 0 Å². The van der Waals surface area contributed by atoms with Crippen molar-refractivity contribution in [1.82, 2.24) is 0 Å². The molecule has 0 aliphatic heterocycles. The number of fused-ring (bicyclic) bond motifs is 7. The first-order chi connectivity index (χ1) is 33.7. The maximum atomic E-state index is 2.43. The third kappa shape index (κ3) is 6.85. The van der Waals surface area contributed by atoms with Crippen LogP contribution in [-0.4, -0.2) is 0 Å². The van der Waals surface area contributed by atoms with E-state index in [1.807, 2.05) is 11.3 Å². The largest absolute Gasteiger partial charge is 0.309 e. The lowest BCUT2D eigenvalue weighted by molar-refractivity contribution is 1.30. The van der Waals surface area contributed by atoms with Gasteiger partial charge in [-0.3, -0.25) is 0 Å². The summed E-state index contributed by atoms with van der Waals surface area (Å²) in [6.07, 6.45) is 0. The third-order valence-electron chi connectivity index (χ3n) is 13.7. The predicted molar refractivity (Wildman–Crippen MR) is 294 cm³/mol. The zero-order valence-corrected chi connectivity index (χ0v) is 38.0. The quantitative estimate of drug-likeness (QED) is 0.137. The number of benzene rings is 12. The van der Waals surface area contributed by atoms with Crippen LogP contribution in [0.25, 0.3) is 108 Å². The van der Waals surface area contributed by atoms with Crippen molar-refractivity contribution in [2.45, 2.75) is 0 Å². The summed E-state index contributed by atoms with van der Waals surface area (Å²) in [4.78, 5) is 2.43. The Balaban J connectivity index is 0.916. The van der Waals surface area contributed by atoms with Crippen molar-refractivity contribution in [3.8, 4) is 55.6 Å². The summed E-state index contributed by atoms with van der Waals surface area (Å²) in [6.45, 7) is 0. The van der Waals surface area contributed by atoms with Gasteiger partial charge in [0, 0.05) is 26.8 Å². The molecule has 0 radical (unpaired) electrons. The number of hydrogen-bond donors (Lipinski definition) is 0. The molecule has 0 amide bonds. The molecule has 0 saturated heterocycles. The van der Waals surface area contributed by atoms with Crippen molar-refractivity contribution in [2.24, 2.45) is 0 Å². The fourth-order valence-electron chi connectivity index (χ4n) is 10.4. The molecular formula is C66H43NS. The average molecular weight is 882 g/mol. The Morgan fingerprint density at radius 2 is 0.735 bits per heavy atom. The minimum atomic E-state index is 1.11. The lowest BCUT2D eigenvalue weighted by atomic mass is 9.84. The summed E-state index contributed by atoms with van der Waals surface area (Å²) in [7, 11) is 0. The molecule has 13 rings (SSSR count). The highest BCUT2D eigenvalue weighted by Crippen LogP contribution is 2.48. The van der Waals surface area contributed by atoms with Crippen LogP contribution in [0.15, 0.2) is 261 Å². The molecule has 0 bridgehead atoms.